The van der Waals surface area contributed by atoms with Gasteiger partial charge in [-0.1, -0.05) is 42.2 Å². The van der Waals surface area contributed by atoms with E-state index in [1.807, 2.05) is 14.0 Å². The lowest BCUT2D eigenvalue weighted by Crippen LogP contribution is -2.47. The van der Waals surface area contributed by atoms with Crippen LogP contribution in [0.2, 0.25) is 0 Å². The number of hydrogen-bond donors (Lipinski definition) is 1. The van der Waals surface area contributed by atoms with Crippen molar-refractivity contribution >= 4 is 44.2 Å². The van der Waals surface area contributed by atoms with Crippen molar-refractivity contribution in [3.8, 4) is 0 Å². The number of carbonyl (C=O) groups is 1. The Kier molecular flexibility index (Phi) is 7.05. The van der Waals surface area contributed by atoms with Crippen molar-refractivity contribution in [2.45, 2.75) is 17.0 Å². The molecule has 1 N–H and O–H groups in total. The molecule has 3 rings (SSSR count). The SMILES string of the molecule is CCSc1nnc(NC(=O)c2ccc(CS(=O)(=O)N3CCN(C)CC3)cc2)s1. The van der Waals surface area contributed by atoms with Gasteiger partial charge in [-0.15, -0.1) is 10.2 Å². The third-order valence-corrected chi connectivity index (χ3v) is 8.02. The molecule has 8 nitrogen and oxygen atoms in total. The smallest absolute Gasteiger partial charge is 0.257 e. The Labute approximate surface area is 173 Å². The van der Waals surface area contributed by atoms with E-state index in [4.69, 9.17) is 0 Å². The van der Waals surface area contributed by atoms with E-state index in [9.17, 15) is 13.2 Å². The molecule has 0 aliphatic carbocycles. The maximum atomic E-state index is 12.6. The summed E-state index contributed by atoms with van der Waals surface area (Å²) < 4.78 is 27.5. The van der Waals surface area contributed by atoms with Crippen LogP contribution >= 0.6 is 23.1 Å². The van der Waals surface area contributed by atoms with Crippen LogP contribution in [0.15, 0.2) is 28.6 Å². The highest BCUT2D eigenvalue weighted by Gasteiger charge is 2.25. The van der Waals surface area contributed by atoms with Gasteiger partial charge in [-0.05, 0) is 30.5 Å². The number of nitrogens with one attached hydrogen (secondary N) is 1. The monoisotopic (exact) mass is 441 g/mol. The Morgan fingerprint density at radius 2 is 1.86 bits per heavy atom. The Morgan fingerprint density at radius 3 is 2.50 bits per heavy atom. The number of nitrogens with zero attached hydrogens (tertiary/aromatic N) is 4. The van der Waals surface area contributed by atoms with E-state index in [1.54, 1.807) is 36.0 Å². The molecule has 1 amide bonds. The van der Waals surface area contributed by atoms with Gasteiger partial charge in [0.15, 0.2) is 4.34 Å². The van der Waals surface area contributed by atoms with E-state index in [0.29, 0.717) is 29.3 Å². The second-order valence-corrected chi connectivity index (χ2v) is 10.9. The fraction of sp³-hybridized carbons (Fsp3) is 0.471. The second-order valence-electron chi connectivity index (χ2n) is 6.42. The van der Waals surface area contributed by atoms with Gasteiger partial charge in [-0.3, -0.25) is 10.1 Å². The minimum atomic E-state index is -3.36. The third kappa shape index (κ3) is 5.51. The van der Waals surface area contributed by atoms with Gasteiger partial charge in [0.25, 0.3) is 5.91 Å². The lowest BCUT2D eigenvalue weighted by atomic mass is 10.1. The molecule has 0 saturated carbocycles. The minimum Gasteiger partial charge on any atom is -0.304 e. The molecule has 11 heteroatoms. The number of anilines is 1. The van der Waals surface area contributed by atoms with Gasteiger partial charge in [0.05, 0.1) is 5.75 Å². The number of carbonyl (C=O) groups excluding carboxylic acids is 1. The number of aromatic nitrogens is 2. The Bertz CT molecular complexity index is 906. The average molecular weight is 442 g/mol. The summed E-state index contributed by atoms with van der Waals surface area (Å²) in [6, 6.07) is 6.63. The summed E-state index contributed by atoms with van der Waals surface area (Å²) >= 11 is 2.90. The number of rotatable bonds is 7. The number of likely N-dealkylation sites (N-methyl/N-ethyl adjacent to an activating group) is 1. The van der Waals surface area contributed by atoms with E-state index in [0.717, 1.165) is 23.2 Å². The number of benzene rings is 1. The van der Waals surface area contributed by atoms with Gasteiger partial charge in [-0.2, -0.15) is 4.31 Å². The predicted octanol–water partition coefficient (Wildman–Crippen LogP) is 1.98. The maximum Gasteiger partial charge on any atom is 0.257 e. The highest BCUT2D eigenvalue weighted by molar-refractivity contribution is 8.01. The van der Waals surface area contributed by atoms with Crippen molar-refractivity contribution in [2.75, 3.05) is 44.3 Å². The summed E-state index contributed by atoms with van der Waals surface area (Å²) in [5.74, 6) is 0.533. The first-order valence-electron chi connectivity index (χ1n) is 8.90. The van der Waals surface area contributed by atoms with Crippen LogP contribution < -0.4 is 5.32 Å². The molecule has 1 fully saturated rings. The van der Waals surface area contributed by atoms with Crippen molar-refractivity contribution in [3.05, 3.63) is 35.4 Å². The first kappa shape index (κ1) is 21.2. The number of thioether (sulfide) groups is 1. The first-order chi connectivity index (χ1) is 13.4. The molecule has 2 heterocycles. The van der Waals surface area contributed by atoms with Crippen LogP contribution in [0.5, 0.6) is 0 Å². The van der Waals surface area contributed by atoms with Crippen molar-refractivity contribution in [3.63, 3.8) is 0 Å². The van der Waals surface area contributed by atoms with Crippen molar-refractivity contribution in [1.82, 2.24) is 19.4 Å². The third-order valence-electron chi connectivity index (χ3n) is 4.32. The average Bonchev–Trinajstić information content (AvgIpc) is 3.09. The number of sulfonamides is 1. The van der Waals surface area contributed by atoms with E-state index in [1.165, 1.54) is 15.6 Å². The van der Waals surface area contributed by atoms with Gasteiger partial charge in [0.2, 0.25) is 15.2 Å². The van der Waals surface area contributed by atoms with E-state index < -0.39 is 10.0 Å². The largest absolute Gasteiger partial charge is 0.304 e. The van der Waals surface area contributed by atoms with Gasteiger partial charge in [-0.25, -0.2) is 8.42 Å². The van der Waals surface area contributed by atoms with Crippen molar-refractivity contribution < 1.29 is 13.2 Å². The Hall–Kier alpha value is -1.53. The van der Waals surface area contributed by atoms with Gasteiger partial charge in [0.1, 0.15) is 0 Å². The highest BCUT2D eigenvalue weighted by atomic mass is 32.2. The zero-order valence-electron chi connectivity index (χ0n) is 15.8. The highest BCUT2D eigenvalue weighted by Crippen LogP contribution is 2.25. The summed E-state index contributed by atoms with van der Waals surface area (Å²) in [7, 11) is -1.37. The van der Waals surface area contributed by atoms with E-state index in [-0.39, 0.29) is 11.7 Å². The summed E-state index contributed by atoms with van der Waals surface area (Å²) in [6.45, 7) is 4.53. The molecule has 0 bridgehead atoms. The molecule has 1 aromatic heterocycles. The van der Waals surface area contributed by atoms with Crippen LogP contribution in [0.25, 0.3) is 0 Å². The van der Waals surface area contributed by atoms with Crippen LogP contribution in [0.4, 0.5) is 5.13 Å². The van der Waals surface area contributed by atoms with E-state index >= 15 is 0 Å². The molecule has 0 unspecified atom stereocenters. The predicted molar refractivity (Wildman–Crippen MR) is 112 cm³/mol. The second kappa shape index (κ2) is 9.31. The molecule has 1 aliphatic rings. The Balaban J connectivity index is 1.60. The lowest BCUT2D eigenvalue weighted by molar-refractivity contribution is 0.102. The van der Waals surface area contributed by atoms with Gasteiger partial charge < -0.3 is 4.90 Å². The maximum absolute atomic E-state index is 12.6. The quantitative estimate of drug-likeness (QED) is 0.518. The van der Waals surface area contributed by atoms with Crippen molar-refractivity contribution in [1.29, 1.82) is 0 Å². The fourth-order valence-electron chi connectivity index (χ4n) is 2.73. The topological polar surface area (TPSA) is 95.5 Å². The van der Waals surface area contributed by atoms with Crippen LogP contribution in [-0.2, 0) is 15.8 Å². The molecule has 1 saturated heterocycles. The lowest BCUT2D eigenvalue weighted by Gasteiger charge is -2.31. The molecule has 152 valence electrons. The molecule has 0 radical (unpaired) electrons. The summed E-state index contributed by atoms with van der Waals surface area (Å²) in [6.07, 6.45) is 0. The fourth-order valence-corrected chi connectivity index (χ4v) is 5.89. The Morgan fingerprint density at radius 1 is 1.18 bits per heavy atom. The van der Waals surface area contributed by atoms with Crippen LogP contribution in [0.1, 0.15) is 22.8 Å². The molecular weight excluding hydrogens is 418 g/mol. The normalized spacial score (nSPS) is 16.2. The molecule has 0 spiro atoms. The van der Waals surface area contributed by atoms with Gasteiger partial charge in [0, 0.05) is 31.7 Å². The van der Waals surface area contributed by atoms with Crippen molar-refractivity contribution in [2.24, 2.45) is 0 Å². The molecule has 2 aromatic rings. The standard InChI is InChI=1S/C17H23N5O3S3/c1-3-26-17-20-19-16(27-17)18-15(23)14-6-4-13(5-7-14)12-28(24,25)22-10-8-21(2)9-11-22/h4-7H,3,8-12H2,1-2H3,(H,18,19,23). The van der Waals surface area contributed by atoms with Gasteiger partial charge >= 0.3 is 0 Å². The molecule has 0 atom stereocenters. The molecular formula is C17H23N5O3S3. The number of piperazine rings is 1. The number of hydrogen-bond acceptors (Lipinski definition) is 8. The number of amides is 1. The van der Waals surface area contributed by atoms with Crippen LogP contribution in [0.3, 0.4) is 0 Å². The zero-order valence-corrected chi connectivity index (χ0v) is 18.2. The molecule has 1 aromatic carbocycles. The van der Waals surface area contributed by atoms with Crippen LogP contribution in [0, 0.1) is 0 Å². The summed E-state index contributed by atoms with van der Waals surface area (Å²) in [4.78, 5) is 14.5. The zero-order chi connectivity index (χ0) is 20.1. The summed E-state index contributed by atoms with van der Waals surface area (Å²) in [5.41, 5.74) is 1.11. The van der Waals surface area contributed by atoms with Crippen LogP contribution in [-0.4, -0.2) is 72.7 Å². The van der Waals surface area contributed by atoms with E-state index in [2.05, 4.69) is 20.4 Å². The minimum absolute atomic E-state index is 0.0629. The first-order valence-corrected chi connectivity index (χ1v) is 12.3. The summed E-state index contributed by atoms with van der Waals surface area (Å²) in [5, 5.41) is 11.1. The molecule has 1 aliphatic heterocycles. The molecule has 28 heavy (non-hydrogen) atoms.